The molecule has 0 aromatic carbocycles. The molecule has 0 bridgehead atoms. The fourth-order valence-electron chi connectivity index (χ4n) is 1.24. The van der Waals surface area contributed by atoms with E-state index in [1.807, 2.05) is 13.8 Å². The second-order valence-corrected chi connectivity index (χ2v) is 3.65. The zero-order valence-corrected chi connectivity index (χ0v) is 10.5. The van der Waals surface area contributed by atoms with Gasteiger partial charge in [0, 0.05) is 12.8 Å². The smallest absolute Gasteiger partial charge is 0.248 e. The van der Waals surface area contributed by atoms with Crippen LogP contribution in [0.3, 0.4) is 0 Å². The molecule has 1 N–H and O–H groups in total. The highest BCUT2D eigenvalue weighted by Crippen LogP contribution is 2.31. The summed E-state index contributed by atoms with van der Waals surface area (Å²) >= 11 is 0. The Morgan fingerprint density at radius 1 is 1.13 bits per heavy atom. The van der Waals surface area contributed by atoms with Gasteiger partial charge in [-0.3, -0.25) is 0 Å². The van der Waals surface area contributed by atoms with Crippen molar-refractivity contribution >= 4 is 0 Å². The van der Waals surface area contributed by atoms with Crippen LogP contribution in [0.25, 0.3) is 0 Å². The van der Waals surface area contributed by atoms with Gasteiger partial charge in [0.15, 0.2) is 0 Å². The monoisotopic (exact) mass is 224 g/mol. The van der Waals surface area contributed by atoms with E-state index in [0.29, 0.717) is 12.8 Å². The third kappa shape index (κ3) is 11.7. The molecule has 1 aliphatic rings. The van der Waals surface area contributed by atoms with Gasteiger partial charge >= 0.3 is 0 Å². The normalized spacial score (nSPS) is 23.8. The van der Waals surface area contributed by atoms with Crippen LogP contribution in [0.5, 0.6) is 0 Å². The topological polar surface area (TPSA) is 20.2 Å². The van der Waals surface area contributed by atoms with Gasteiger partial charge in [-0.15, -0.1) is 0 Å². The molecule has 1 atom stereocenters. The Labute approximate surface area is 92.9 Å². The van der Waals surface area contributed by atoms with Gasteiger partial charge in [0.05, 0.1) is 6.10 Å². The first-order chi connectivity index (χ1) is 7.02. The summed E-state index contributed by atoms with van der Waals surface area (Å²) in [4.78, 5) is 0. The highest BCUT2D eigenvalue weighted by atomic mass is 19.3. The summed E-state index contributed by atoms with van der Waals surface area (Å²) < 4.78 is 25.1. The first-order valence-corrected chi connectivity index (χ1v) is 6.07. The first kappa shape index (κ1) is 17.2. The molecule has 15 heavy (non-hydrogen) atoms. The van der Waals surface area contributed by atoms with Crippen molar-refractivity contribution in [2.24, 2.45) is 0 Å². The van der Waals surface area contributed by atoms with Crippen molar-refractivity contribution in [1.82, 2.24) is 0 Å². The molecule has 1 rings (SSSR count). The zero-order valence-electron chi connectivity index (χ0n) is 10.5. The van der Waals surface area contributed by atoms with Gasteiger partial charge in [-0.2, -0.15) is 0 Å². The second-order valence-electron chi connectivity index (χ2n) is 3.65. The summed E-state index contributed by atoms with van der Waals surface area (Å²) in [7, 11) is 0. The number of alkyl halides is 2. The lowest BCUT2D eigenvalue weighted by atomic mass is 10.1. The van der Waals surface area contributed by atoms with Crippen molar-refractivity contribution < 1.29 is 13.9 Å². The number of hydrogen-bond acceptors (Lipinski definition) is 1. The van der Waals surface area contributed by atoms with Crippen LogP contribution in [0.2, 0.25) is 0 Å². The van der Waals surface area contributed by atoms with Gasteiger partial charge in [-0.25, -0.2) is 8.78 Å². The van der Waals surface area contributed by atoms with Gasteiger partial charge in [-0.05, 0) is 19.3 Å². The number of rotatable bonds is 0. The minimum absolute atomic E-state index is 0.0515. The van der Waals surface area contributed by atoms with E-state index in [1.54, 1.807) is 0 Å². The molecule has 1 nitrogen and oxygen atoms in total. The summed E-state index contributed by atoms with van der Waals surface area (Å²) in [6.45, 7) is 8.25. The van der Waals surface area contributed by atoms with Crippen molar-refractivity contribution in [3.63, 3.8) is 0 Å². The molecule has 0 heterocycles. The van der Waals surface area contributed by atoms with E-state index < -0.39 is 12.0 Å². The molecule has 1 aliphatic carbocycles. The Kier molecular flexibility index (Phi) is 11.9. The minimum Gasteiger partial charge on any atom is -0.393 e. The van der Waals surface area contributed by atoms with E-state index in [1.165, 1.54) is 6.42 Å². The van der Waals surface area contributed by atoms with Gasteiger partial charge in [0.2, 0.25) is 5.92 Å². The predicted octanol–water partition coefficient (Wildman–Crippen LogP) is 4.39. The molecule has 0 amide bonds. The zero-order chi connectivity index (χ0) is 12.3. The van der Waals surface area contributed by atoms with Crippen LogP contribution >= 0.6 is 0 Å². The second kappa shape index (κ2) is 10.3. The molecule has 1 unspecified atom stereocenters. The van der Waals surface area contributed by atoms with E-state index in [0.717, 1.165) is 0 Å². The highest BCUT2D eigenvalue weighted by Gasteiger charge is 2.31. The molecule has 1 saturated carbocycles. The van der Waals surface area contributed by atoms with E-state index in [2.05, 4.69) is 13.8 Å². The van der Waals surface area contributed by atoms with Crippen molar-refractivity contribution in [3.05, 3.63) is 0 Å². The van der Waals surface area contributed by atoms with Gasteiger partial charge < -0.3 is 5.11 Å². The van der Waals surface area contributed by atoms with Crippen LogP contribution < -0.4 is 0 Å². The van der Waals surface area contributed by atoms with Crippen molar-refractivity contribution in [2.45, 2.75) is 78.2 Å². The number of aliphatic hydroxyl groups is 1. The molecule has 0 aliphatic heterocycles. The van der Waals surface area contributed by atoms with Gasteiger partial charge in [0.25, 0.3) is 0 Å². The van der Waals surface area contributed by atoms with E-state index in [4.69, 9.17) is 5.11 Å². The largest absolute Gasteiger partial charge is 0.393 e. The fraction of sp³-hybridized carbons (Fsp3) is 1.00. The maximum atomic E-state index is 12.5. The molecular formula is C12H26F2O. The van der Waals surface area contributed by atoms with Gasteiger partial charge in [-0.1, -0.05) is 34.1 Å². The standard InChI is InChI=1S/C7H12F2O.C3H8.C2H6/c8-7(9)4-1-2-6(10)3-5-7;1-3-2;1-2/h6,10H,1-5H2;3H2,1-2H3;1-2H3. The average molecular weight is 224 g/mol. The van der Waals surface area contributed by atoms with E-state index in [-0.39, 0.29) is 19.3 Å². The SMILES string of the molecule is CC.CCC.OC1CCCC(F)(F)CC1. The quantitative estimate of drug-likeness (QED) is 0.605. The summed E-state index contributed by atoms with van der Waals surface area (Å²) in [5.41, 5.74) is 0. The average Bonchev–Trinajstić information content (AvgIpc) is 2.33. The summed E-state index contributed by atoms with van der Waals surface area (Å²) in [5, 5.41) is 8.99. The summed E-state index contributed by atoms with van der Waals surface area (Å²) in [5.74, 6) is -2.52. The fourth-order valence-corrected chi connectivity index (χ4v) is 1.24. The first-order valence-electron chi connectivity index (χ1n) is 6.07. The Morgan fingerprint density at radius 3 is 2.07 bits per heavy atom. The van der Waals surface area contributed by atoms with Crippen molar-refractivity contribution in [3.8, 4) is 0 Å². The van der Waals surface area contributed by atoms with Crippen LogP contribution in [0.1, 0.15) is 66.2 Å². The number of aliphatic hydroxyl groups excluding tert-OH is 1. The molecule has 3 heteroatoms. The van der Waals surface area contributed by atoms with E-state index >= 15 is 0 Å². The molecule has 0 aromatic rings. The molecule has 0 saturated heterocycles. The minimum atomic E-state index is -2.52. The maximum Gasteiger partial charge on any atom is 0.248 e. The molecular weight excluding hydrogens is 198 g/mol. The van der Waals surface area contributed by atoms with Crippen LogP contribution in [0.15, 0.2) is 0 Å². The van der Waals surface area contributed by atoms with Crippen LogP contribution in [0, 0.1) is 0 Å². The van der Waals surface area contributed by atoms with Crippen LogP contribution in [-0.2, 0) is 0 Å². The van der Waals surface area contributed by atoms with Crippen LogP contribution in [0.4, 0.5) is 8.78 Å². The van der Waals surface area contributed by atoms with Crippen molar-refractivity contribution in [1.29, 1.82) is 0 Å². The Morgan fingerprint density at radius 2 is 1.60 bits per heavy atom. The molecule has 94 valence electrons. The summed E-state index contributed by atoms with van der Waals surface area (Å²) in [6.07, 6.45) is 1.81. The summed E-state index contributed by atoms with van der Waals surface area (Å²) in [6, 6.07) is 0. The number of hydrogen-bond donors (Lipinski definition) is 1. The maximum absolute atomic E-state index is 12.5. The lowest BCUT2D eigenvalue weighted by Gasteiger charge is -2.11. The van der Waals surface area contributed by atoms with Crippen molar-refractivity contribution in [2.75, 3.05) is 0 Å². The third-order valence-corrected chi connectivity index (χ3v) is 1.92. The predicted molar refractivity (Wildman–Crippen MR) is 61.4 cm³/mol. The third-order valence-electron chi connectivity index (χ3n) is 1.92. The van der Waals surface area contributed by atoms with E-state index in [9.17, 15) is 8.78 Å². The highest BCUT2D eigenvalue weighted by molar-refractivity contribution is 4.73. The molecule has 0 radical (unpaired) electrons. The molecule has 0 aromatic heterocycles. The molecule has 0 spiro atoms. The van der Waals surface area contributed by atoms with Crippen LogP contribution in [-0.4, -0.2) is 17.1 Å². The lowest BCUT2D eigenvalue weighted by molar-refractivity contribution is -0.0169. The lowest BCUT2D eigenvalue weighted by Crippen LogP contribution is -2.14. The number of halogens is 2. The Bertz CT molecular complexity index is 127. The Balaban J connectivity index is 0. The van der Waals surface area contributed by atoms with Gasteiger partial charge in [0.1, 0.15) is 0 Å². The Hall–Kier alpha value is -0.180. The molecule has 1 fully saturated rings.